The van der Waals surface area contributed by atoms with Gasteiger partial charge in [-0.2, -0.15) is 0 Å². The number of hydrogen-bond acceptors (Lipinski definition) is 0. The van der Waals surface area contributed by atoms with Crippen LogP contribution in [0.5, 0.6) is 0 Å². The molecule has 0 saturated heterocycles. The fourth-order valence-electron chi connectivity index (χ4n) is 1.06. The molecule has 0 aliphatic carbocycles. The molecule has 55 valence electrons. The molecule has 1 aromatic carbocycles. The monoisotopic (exact) mass is 143 g/mol. The lowest BCUT2D eigenvalue weighted by molar-refractivity contribution is 1.12. The molecule has 1 radical (unpaired) electrons. The van der Waals surface area contributed by atoms with Crippen LogP contribution in [-0.2, 0) is 6.42 Å². The Morgan fingerprint density at radius 2 is 2.27 bits per heavy atom. The summed E-state index contributed by atoms with van der Waals surface area (Å²) in [6.45, 7) is 4.15. The van der Waals surface area contributed by atoms with Gasteiger partial charge >= 0.3 is 0 Å². The molecule has 11 heavy (non-hydrogen) atoms. The van der Waals surface area contributed by atoms with Gasteiger partial charge in [-0.05, 0) is 30.5 Å². The van der Waals surface area contributed by atoms with Crippen LogP contribution in [0.15, 0.2) is 12.1 Å². The molecule has 1 aromatic rings. The van der Waals surface area contributed by atoms with Gasteiger partial charge in [0.05, 0.1) is 0 Å². The average molecular weight is 143 g/mol. The van der Waals surface area contributed by atoms with Crippen molar-refractivity contribution < 1.29 is 0 Å². The van der Waals surface area contributed by atoms with Crippen LogP contribution >= 0.6 is 0 Å². The van der Waals surface area contributed by atoms with Crippen molar-refractivity contribution in [3.8, 4) is 12.3 Å². The third kappa shape index (κ3) is 1.85. The Morgan fingerprint density at radius 3 is 2.82 bits per heavy atom. The summed E-state index contributed by atoms with van der Waals surface area (Å²) in [4.78, 5) is 0. The van der Waals surface area contributed by atoms with Crippen molar-refractivity contribution in [2.45, 2.75) is 20.3 Å². The third-order valence-corrected chi connectivity index (χ3v) is 1.61. The quantitative estimate of drug-likeness (QED) is 0.529. The Hall–Kier alpha value is -1.22. The van der Waals surface area contributed by atoms with E-state index in [9.17, 15) is 0 Å². The first-order valence-electron chi connectivity index (χ1n) is 3.75. The van der Waals surface area contributed by atoms with Gasteiger partial charge in [0.2, 0.25) is 0 Å². The van der Waals surface area contributed by atoms with Crippen molar-refractivity contribution in [2.24, 2.45) is 0 Å². The minimum absolute atomic E-state index is 0.863. The van der Waals surface area contributed by atoms with E-state index in [1.54, 1.807) is 0 Å². The van der Waals surface area contributed by atoms with Crippen LogP contribution in [-0.4, -0.2) is 0 Å². The van der Waals surface area contributed by atoms with E-state index in [0.29, 0.717) is 0 Å². The van der Waals surface area contributed by atoms with Crippen LogP contribution < -0.4 is 0 Å². The smallest absolute Gasteiger partial charge is 0.0327 e. The van der Waals surface area contributed by atoms with Gasteiger partial charge in [0.1, 0.15) is 0 Å². The topological polar surface area (TPSA) is 0 Å². The lowest BCUT2D eigenvalue weighted by atomic mass is 10.1. The maximum Gasteiger partial charge on any atom is 0.0327 e. The predicted octanol–water partition coefficient (Wildman–Crippen LogP) is 2.34. The highest BCUT2D eigenvalue weighted by Crippen LogP contribution is 2.07. The van der Waals surface area contributed by atoms with E-state index in [1.807, 2.05) is 13.0 Å². The Morgan fingerprint density at radius 1 is 1.55 bits per heavy atom. The van der Waals surface area contributed by atoms with Gasteiger partial charge < -0.3 is 0 Å². The van der Waals surface area contributed by atoms with Crippen molar-refractivity contribution in [2.75, 3.05) is 0 Å². The first kappa shape index (κ1) is 7.88. The molecule has 0 aliphatic rings. The molecule has 0 spiro atoms. The summed E-state index contributed by atoms with van der Waals surface area (Å²) in [7, 11) is 0. The van der Waals surface area contributed by atoms with Crippen molar-refractivity contribution >= 4 is 0 Å². The van der Waals surface area contributed by atoms with Gasteiger partial charge in [-0.15, -0.1) is 6.42 Å². The van der Waals surface area contributed by atoms with Crippen LogP contribution in [0.25, 0.3) is 0 Å². The Balaban J connectivity index is 3.15. The second kappa shape index (κ2) is 3.25. The van der Waals surface area contributed by atoms with E-state index >= 15 is 0 Å². The maximum atomic E-state index is 5.26. The zero-order chi connectivity index (χ0) is 8.27. The molecule has 0 atom stereocenters. The van der Waals surface area contributed by atoms with Crippen molar-refractivity contribution in [3.05, 3.63) is 34.9 Å². The number of aryl methyl sites for hydroxylation is 2. The van der Waals surface area contributed by atoms with Crippen LogP contribution in [0.1, 0.15) is 23.6 Å². The summed E-state index contributed by atoms with van der Waals surface area (Å²) in [5.74, 6) is 2.59. The van der Waals surface area contributed by atoms with E-state index in [0.717, 1.165) is 12.0 Å². The summed E-state index contributed by atoms with van der Waals surface area (Å²) in [5, 5.41) is 0. The second-order valence-electron chi connectivity index (χ2n) is 2.59. The zero-order valence-electron chi connectivity index (χ0n) is 6.94. The first-order valence-corrected chi connectivity index (χ1v) is 3.75. The SMILES string of the molecule is C#Cc1[c]c(CC)cc(C)c1. The van der Waals surface area contributed by atoms with Gasteiger partial charge in [0, 0.05) is 11.6 Å². The Kier molecular flexibility index (Phi) is 2.33. The van der Waals surface area contributed by atoms with E-state index in [2.05, 4.69) is 25.0 Å². The molecule has 0 heteroatoms. The van der Waals surface area contributed by atoms with Crippen LogP contribution in [0.3, 0.4) is 0 Å². The summed E-state index contributed by atoms with van der Waals surface area (Å²) in [5.41, 5.74) is 3.27. The average Bonchev–Trinajstić information content (AvgIpc) is 2.03. The summed E-state index contributed by atoms with van der Waals surface area (Å²) < 4.78 is 0. The highest BCUT2D eigenvalue weighted by molar-refractivity contribution is 5.37. The first-order chi connectivity index (χ1) is 5.26. The van der Waals surface area contributed by atoms with E-state index < -0.39 is 0 Å². The number of hydrogen-bond donors (Lipinski definition) is 0. The van der Waals surface area contributed by atoms with Gasteiger partial charge in [0.25, 0.3) is 0 Å². The number of terminal acetylenes is 1. The molecule has 0 saturated carbocycles. The second-order valence-corrected chi connectivity index (χ2v) is 2.59. The highest BCUT2D eigenvalue weighted by Gasteiger charge is 1.93. The molecular formula is C11H11. The summed E-state index contributed by atoms with van der Waals surface area (Å²) in [6.07, 6.45) is 6.26. The normalized spacial score (nSPS) is 9.18. The van der Waals surface area contributed by atoms with Crippen molar-refractivity contribution in [3.63, 3.8) is 0 Å². The predicted molar refractivity (Wildman–Crippen MR) is 47.3 cm³/mol. The van der Waals surface area contributed by atoms with E-state index in [4.69, 9.17) is 6.42 Å². The largest absolute Gasteiger partial charge is 0.115 e. The fourth-order valence-corrected chi connectivity index (χ4v) is 1.06. The lowest BCUT2D eigenvalue weighted by Gasteiger charge is -1.98. The Bertz CT molecular complexity index is 289. The highest BCUT2D eigenvalue weighted by atomic mass is 14.0. The molecule has 0 N–H and O–H groups in total. The lowest BCUT2D eigenvalue weighted by Crippen LogP contribution is -1.85. The molecule has 0 fully saturated rings. The fraction of sp³-hybridized carbons (Fsp3) is 0.273. The molecule has 1 rings (SSSR count). The molecule has 0 heterocycles. The summed E-state index contributed by atoms with van der Waals surface area (Å²) in [6, 6.07) is 7.23. The number of benzene rings is 1. The molecule has 0 aliphatic heterocycles. The zero-order valence-corrected chi connectivity index (χ0v) is 6.94. The van der Waals surface area contributed by atoms with Gasteiger partial charge in [-0.25, -0.2) is 0 Å². The van der Waals surface area contributed by atoms with Gasteiger partial charge in [0.15, 0.2) is 0 Å². The molecule has 0 unspecified atom stereocenters. The van der Waals surface area contributed by atoms with E-state index in [1.165, 1.54) is 11.1 Å². The van der Waals surface area contributed by atoms with Crippen molar-refractivity contribution in [1.29, 1.82) is 0 Å². The Labute approximate surface area is 68.3 Å². The molecule has 0 amide bonds. The number of rotatable bonds is 1. The van der Waals surface area contributed by atoms with Gasteiger partial charge in [-0.1, -0.05) is 18.9 Å². The van der Waals surface area contributed by atoms with E-state index in [-0.39, 0.29) is 0 Å². The molecule has 0 nitrogen and oxygen atoms in total. The van der Waals surface area contributed by atoms with Crippen molar-refractivity contribution in [1.82, 2.24) is 0 Å². The minimum Gasteiger partial charge on any atom is -0.115 e. The standard InChI is InChI=1S/C11H11/c1-4-10-6-9(3)7-11(5-2)8-10/h1,6-7H,5H2,2-3H3. The molecule has 0 aromatic heterocycles. The minimum atomic E-state index is 0.863. The van der Waals surface area contributed by atoms with Gasteiger partial charge in [-0.3, -0.25) is 0 Å². The third-order valence-electron chi connectivity index (χ3n) is 1.61. The molecule has 0 bridgehead atoms. The summed E-state index contributed by atoms with van der Waals surface area (Å²) >= 11 is 0. The maximum absolute atomic E-state index is 5.26. The van der Waals surface area contributed by atoms with Crippen LogP contribution in [0.2, 0.25) is 0 Å². The van der Waals surface area contributed by atoms with Crippen LogP contribution in [0.4, 0.5) is 0 Å². The van der Waals surface area contributed by atoms with Crippen LogP contribution in [0, 0.1) is 25.3 Å². The molecular weight excluding hydrogens is 132 g/mol.